The van der Waals surface area contributed by atoms with E-state index in [2.05, 4.69) is 82.1 Å². The van der Waals surface area contributed by atoms with E-state index in [0.29, 0.717) is 0 Å². The number of nitrogens with one attached hydrogen (secondary N) is 1. The van der Waals surface area contributed by atoms with Gasteiger partial charge in [0, 0.05) is 42.9 Å². The van der Waals surface area contributed by atoms with E-state index in [1.54, 1.807) is 6.08 Å². The molecular weight excluding hydrogens is 342 g/mol. The molecule has 3 heteroatoms. The van der Waals surface area contributed by atoms with E-state index in [1.807, 2.05) is 32.1 Å². The first-order valence-electron chi connectivity index (χ1n) is 9.65. The second-order valence-corrected chi connectivity index (χ2v) is 8.37. The highest BCUT2D eigenvalue weighted by atomic mass is 15.0. The predicted molar refractivity (Wildman–Crippen MR) is 125 cm³/mol. The van der Waals surface area contributed by atoms with E-state index in [4.69, 9.17) is 4.99 Å². The van der Waals surface area contributed by atoms with Crippen LogP contribution in [-0.2, 0) is 5.41 Å². The molecule has 28 heavy (non-hydrogen) atoms. The highest BCUT2D eigenvalue weighted by Crippen LogP contribution is 2.30. The number of aliphatic imine (C=N–C) groups is 1. The van der Waals surface area contributed by atoms with Crippen LogP contribution in [0, 0.1) is 6.92 Å². The van der Waals surface area contributed by atoms with Gasteiger partial charge >= 0.3 is 0 Å². The van der Waals surface area contributed by atoms with E-state index in [1.165, 1.54) is 5.56 Å². The Morgan fingerprint density at radius 3 is 2.25 bits per heavy atom. The summed E-state index contributed by atoms with van der Waals surface area (Å²) in [6.45, 7) is 14.6. The highest BCUT2D eigenvalue weighted by molar-refractivity contribution is 5.96. The van der Waals surface area contributed by atoms with Gasteiger partial charge in [-0.25, -0.2) is 0 Å². The molecular formula is C25H33N3. The van der Waals surface area contributed by atoms with Crippen LogP contribution >= 0.6 is 0 Å². The van der Waals surface area contributed by atoms with Crippen molar-refractivity contribution in [3.63, 3.8) is 0 Å². The Morgan fingerprint density at radius 2 is 1.71 bits per heavy atom. The van der Waals surface area contributed by atoms with Gasteiger partial charge in [0.1, 0.15) is 0 Å². The average Bonchev–Trinajstić information content (AvgIpc) is 2.62. The monoisotopic (exact) mass is 375 g/mol. The Kier molecular flexibility index (Phi) is 6.85. The van der Waals surface area contributed by atoms with Crippen molar-refractivity contribution in [2.45, 2.75) is 40.0 Å². The molecule has 148 valence electrons. The van der Waals surface area contributed by atoms with Crippen molar-refractivity contribution in [2.75, 3.05) is 19.4 Å². The van der Waals surface area contributed by atoms with Gasteiger partial charge in [-0.05, 0) is 54.7 Å². The molecule has 0 saturated heterocycles. The molecule has 0 aliphatic carbocycles. The van der Waals surface area contributed by atoms with Crippen LogP contribution in [-0.4, -0.2) is 24.7 Å². The first-order chi connectivity index (χ1) is 13.1. The molecule has 0 fully saturated rings. The van der Waals surface area contributed by atoms with Crippen LogP contribution in [0.25, 0.3) is 5.70 Å². The van der Waals surface area contributed by atoms with E-state index < -0.39 is 0 Å². The summed E-state index contributed by atoms with van der Waals surface area (Å²) >= 11 is 0. The second kappa shape index (κ2) is 8.92. The van der Waals surface area contributed by atoms with Crippen LogP contribution in [0.15, 0.2) is 66.3 Å². The summed E-state index contributed by atoms with van der Waals surface area (Å²) in [7, 11) is 4.01. The Bertz CT molecular complexity index is 879. The normalized spacial score (nSPS) is 12.7. The van der Waals surface area contributed by atoms with E-state index in [0.717, 1.165) is 33.9 Å². The Labute approximate surface area is 170 Å². The first-order valence-corrected chi connectivity index (χ1v) is 9.65. The van der Waals surface area contributed by atoms with Crippen LogP contribution in [0.3, 0.4) is 0 Å². The minimum absolute atomic E-state index is 0.154. The molecule has 0 aliphatic rings. The molecule has 0 heterocycles. The van der Waals surface area contributed by atoms with Gasteiger partial charge in [-0.2, -0.15) is 0 Å². The van der Waals surface area contributed by atoms with Crippen LogP contribution < -0.4 is 5.32 Å². The Hall–Kier alpha value is -2.81. The number of allylic oxidation sites excluding steroid dienone is 1. The topological polar surface area (TPSA) is 27.6 Å². The molecule has 0 saturated carbocycles. The lowest BCUT2D eigenvalue weighted by Gasteiger charge is -2.20. The van der Waals surface area contributed by atoms with Gasteiger partial charge in [-0.15, -0.1) is 0 Å². The summed E-state index contributed by atoms with van der Waals surface area (Å²) in [6, 6.07) is 14.9. The standard InChI is InChI=1S/C25H33N3/c1-9-18(2)26-24(17-28(7)8)22-11-10-12-23(19(22)3)27-21-15-13-20(14-16-21)25(4,5)6/h9-17,27H,1H2,2-8H3/b24-17-,26-18?. The lowest BCUT2D eigenvalue weighted by Crippen LogP contribution is -2.10. The van der Waals surface area contributed by atoms with Crippen LogP contribution in [0.1, 0.15) is 44.4 Å². The van der Waals surface area contributed by atoms with Crippen molar-refractivity contribution in [1.82, 2.24) is 4.90 Å². The molecule has 0 aliphatic heterocycles. The van der Waals surface area contributed by atoms with Gasteiger partial charge in [0.15, 0.2) is 0 Å². The maximum atomic E-state index is 4.74. The predicted octanol–water partition coefficient (Wildman–Crippen LogP) is 6.54. The smallest absolute Gasteiger partial charge is 0.0866 e. The van der Waals surface area contributed by atoms with Crippen LogP contribution in [0.4, 0.5) is 11.4 Å². The summed E-state index contributed by atoms with van der Waals surface area (Å²) in [4.78, 5) is 6.76. The molecule has 0 atom stereocenters. The molecule has 2 aromatic carbocycles. The summed E-state index contributed by atoms with van der Waals surface area (Å²) in [5, 5.41) is 3.56. The van der Waals surface area contributed by atoms with E-state index in [-0.39, 0.29) is 5.41 Å². The number of rotatable bonds is 6. The van der Waals surface area contributed by atoms with Crippen molar-refractivity contribution in [1.29, 1.82) is 0 Å². The number of nitrogens with zero attached hydrogens (tertiary/aromatic N) is 2. The summed E-state index contributed by atoms with van der Waals surface area (Å²) in [5.41, 5.74) is 7.72. The van der Waals surface area contributed by atoms with E-state index in [9.17, 15) is 0 Å². The molecule has 3 nitrogen and oxygen atoms in total. The minimum atomic E-state index is 0.154. The summed E-state index contributed by atoms with van der Waals surface area (Å²) < 4.78 is 0. The highest BCUT2D eigenvalue weighted by Gasteiger charge is 2.13. The van der Waals surface area contributed by atoms with Crippen molar-refractivity contribution in [2.24, 2.45) is 4.99 Å². The molecule has 0 amide bonds. The quantitative estimate of drug-likeness (QED) is 0.580. The van der Waals surface area contributed by atoms with Crippen molar-refractivity contribution in [3.8, 4) is 0 Å². The molecule has 2 rings (SSSR count). The first kappa shape index (κ1) is 21.5. The van der Waals surface area contributed by atoms with Crippen molar-refractivity contribution < 1.29 is 0 Å². The van der Waals surface area contributed by atoms with Crippen molar-refractivity contribution >= 4 is 22.8 Å². The lowest BCUT2D eigenvalue weighted by molar-refractivity contribution is 0.565. The van der Waals surface area contributed by atoms with Gasteiger partial charge < -0.3 is 10.2 Å². The zero-order valence-corrected chi connectivity index (χ0v) is 18.3. The third-order valence-corrected chi connectivity index (χ3v) is 4.61. The van der Waals surface area contributed by atoms with E-state index >= 15 is 0 Å². The maximum Gasteiger partial charge on any atom is 0.0866 e. The van der Waals surface area contributed by atoms with Gasteiger partial charge in [-0.1, -0.05) is 51.6 Å². The molecule has 0 spiro atoms. The number of anilines is 2. The average molecular weight is 376 g/mol. The number of hydrogen-bond donors (Lipinski definition) is 1. The molecule has 1 N–H and O–H groups in total. The molecule has 2 aromatic rings. The summed E-state index contributed by atoms with van der Waals surface area (Å²) in [6.07, 6.45) is 3.81. The number of benzene rings is 2. The molecule has 0 radical (unpaired) electrons. The fourth-order valence-electron chi connectivity index (χ4n) is 2.90. The molecule has 0 unspecified atom stereocenters. The fourth-order valence-corrected chi connectivity index (χ4v) is 2.90. The third kappa shape index (κ3) is 5.59. The van der Waals surface area contributed by atoms with Crippen LogP contribution in [0.2, 0.25) is 0 Å². The number of hydrogen-bond acceptors (Lipinski definition) is 3. The molecule has 0 aromatic heterocycles. The Morgan fingerprint density at radius 1 is 1.07 bits per heavy atom. The zero-order chi connectivity index (χ0) is 20.9. The van der Waals surface area contributed by atoms with Crippen molar-refractivity contribution in [3.05, 3.63) is 78.0 Å². The van der Waals surface area contributed by atoms with Gasteiger partial charge in [0.05, 0.1) is 5.70 Å². The van der Waals surface area contributed by atoms with Crippen LogP contribution in [0.5, 0.6) is 0 Å². The Balaban J connectivity index is 2.40. The third-order valence-electron chi connectivity index (χ3n) is 4.61. The second-order valence-electron chi connectivity index (χ2n) is 8.37. The largest absolute Gasteiger partial charge is 0.382 e. The fraction of sp³-hybridized carbons (Fsp3) is 0.320. The summed E-state index contributed by atoms with van der Waals surface area (Å²) in [5.74, 6) is 0. The van der Waals surface area contributed by atoms with Gasteiger partial charge in [0.25, 0.3) is 0 Å². The minimum Gasteiger partial charge on any atom is -0.382 e. The SMILES string of the molecule is C=CC(C)=N/C(=C\N(C)C)c1cccc(Nc2ccc(C(C)(C)C)cc2)c1C. The zero-order valence-electron chi connectivity index (χ0n) is 18.3. The van der Waals surface area contributed by atoms with Gasteiger partial charge in [0.2, 0.25) is 0 Å². The van der Waals surface area contributed by atoms with Gasteiger partial charge in [-0.3, -0.25) is 4.99 Å². The lowest BCUT2D eigenvalue weighted by atomic mass is 9.87. The molecule has 0 bridgehead atoms. The maximum absolute atomic E-state index is 4.74.